The van der Waals surface area contributed by atoms with E-state index in [0.29, 0.717) is 0 Å². The average Bonchev–Trinajstić information content (AvgIpc) is 2.89. The van der Waals surface area contributed by atoms with Crippen LogP contribution in [-0.4, -0.2) is 0 Å². The molecular weight excluding hydrogens is 513 g/mol. The smallest absolute Gasteiger partial charge is 0.0564 e. The third kappa shape index (κ3) is 474. The first-order valence-electron chi connectivity index (χ1n) is 15.3. The van der Waals surface area contributed by atoms with Crippen molar-refractivity contribution in [3.8, 4) is 0 Å². The van der Waals surface area contributed by atoms with Crippen molar-refractivity contribution >= 4 is 54.0 Å². The minimum atomic E-state index is 0. The van der Waals surface area contributed by atoms with Crippen LogP contribution in [0.25, 0.3) is 0 Å². The normalized spacial score (nSPS) is 6.67. The Morgan fingerprint density at radius 3 is 0.167 bits per heavy atom. The quantitative estimate of drug-likeness (QED) is 0.260. The van der Waals surface area contributed by atoms with Crippen molar-refractivity contribution in [3.63, 3.8) is 0 Å². The van der Waals surface area contributed by atoms with E-state index in [1.165, 1.54) is 103 Å². The summed E-state index contributed by atoms with van der Waals surface area (Å²) in [5, 5.41) is 0. The number of hydrogen-bond acceptors (Lipinski definition) is 0. The molecule has 0 N–H and O–H groups in total. The second-order valence-electron chi connectivity index (χ2n) is 8.00. The van der Waals surface area contributed by atoms with Gasteiger partial charge in [0.1, 0.15) is 0 Å². The van der Waals surface area contributed by atoms with Crippen LogP contribution in [0.15, 0.2) is 0 Å². The van der Waals surface area contributed by atoms with E-state index in [4.69, 9.17) is 0 Å². The van der Waals surface area contributed by atoms with Crippen LogP contribution in [0.1, 0.15) is 214 Å². The van der Waals surface area contributed by atoms with Gasteiger partial charge in [0.25, 0.3) is 0 Å². The molecule has 240 valence electrons. The van der Waals surface area contributed by atoms with E-state index >= 15 is 0 Å². The Labute approximate surface area is 266 Å². The third-order valence-electron chi connectivity index (χ3n) is 4.00. The second kappa shape index (κ2) is 151. The van der Waals surface area contributed by atoms with Crippen molar-refractivity contribution in [1.29, 1.82) is 0 Å². The molecular formula is C32H88S4. The highest BCUT2D eigenvalue weighted by molar-refractivity contribution is 7.59. The molecule has 0 radical (unpaired) electrons. The highest BCUT2D eigenvalue weighted by Crippen LogP contribution is 1.79. The van der Waals surface area contributed by atoms with Gasteiger partial charge in [0.05, 0.1) is 0 Å². The first-order chi connectivity index (χ1) is 15.3. The predicted octanol–water partition coefficient (Wildman–Crippen LogP) is 14.9. The maximum atomic E-state index is 2.18. The van der Waals surface area contributed by atoms with Crippen molar-refractivity contribution in [2.24, 2.45) is 0 Å². The molecule has 0 atom stereocenters. The molecule has 0 aliphatic heterocycles. The molecule has 0 spiro atoms. The fourth-order valence-corrected chi connectivity index (χ4v) is 0. The molecule has 4 heteroatoms. The maximum Gasteiger partial charge on any atom is -0.0564 e. The van der Waals surface area contributed by atoms with Gasteiger partial charge in [-0.2, -0.15) is 54.0 Å². The summed E-state index contributed by atoms with van der Waals surface area (Å²) in [7, 11) is 0. The molecule has 0 aromatic carbocycles. The first-order valence-corrected chi connectivity index (χ1v) is 15.3. The van der Waals surface area contributed by atoms with Crippen molar-refractivity contribution < 1.29 is 0 Å². The fraction of sp³-hybridized carbons (Fsp3) is 1.00. The van der Waals surface area contributed by atoms with Crippen molar-refractivity contribution in [3.05, 3.63) is 0 Å². The minimum absolute atomic E-state index is 0. The van der Waals surface area contributed by atoms with Gasteiger partial charge in [0.2, 0.25) is 0 Å². The Balaban J connectivity index is -0.0000000180. The van der Waals surface area contributed by atoms with Crippen molar-refractivity contribution in [2.45, 2.75) is 214 Å². The lowest BCUT2D eigenvalue weighted by Gasteiger charge is -1.68. The van der Waals surface area contributed by atoms with Gasteiger partial charge in [-0.15, -0.1) is 0 Å². The maximum absolute atomic E-state index is 2.18. The lowest BCUT2D eigenvalue weighted by molar-refractivity contribution is 0.886. The van der Waals surface area contributed by atoms with E-state index in [-0.39, 0.29) is 54.0 Å². The van der Waals surface area contributed by atoms with Crippen LogP contribution in [0.5, 0.6) is 0 Å². The highest BCUT2D eigenvalue weighted by Gasteiger charge is 1.59. The van der Waals surface area contributed by atoms with Gasteiger partial charge in [-0.3, -0.25) is 0 Å². The zero-order valence-electron chi connectivity index (χ0n) is 29.3. The van der Waals surface area contributed by atoms with Crippen LogP contribution < -0.4 is 0 Å². The zero-order valence-corrected chi connectivity index (χ0v) is 33.3. The second-order valence-corrected chi connectivity index (χ2v) is 8.00. The zero-order chi connectivity index (χ0) is 27.3. The standard InChI is InChI=1S/8C4H10.4H2S/c8*1-3-4-2;;;;/h8*3-4H2,1-2H3;4*1H2. The summed E-state index contributed by atoms with van der Waals surface area (Å²) in [6, 6.07) is 0. The molecule has 0 aromatic rings. The summed E-state index contributed by atoms with van der Waals surface area (Å²) < 4.78 is 0. The topological polar surface area (TPSA) is 0 Å². The molecule has 0 unspecified atom stereocenters. The van der Waals surface area contributed by atoms with Gasteiger partial charge in [0, 0.05) is 0 Å². The van der Waals surface area contributed by atoms with Gasteiger partial charge in [-0.25, -0.2) is 0 Å². The molecule has 0 rings (SSSR count). The third-order valence-corrected chi connectivity index (χ3v) is 4.00. The first kappa shape index (κ1) is 76.8. The predicted molar refractivity (Wildman–Crippen MR) is 206 cm³/mol. The van der Waals surface area contributed by atoms with E-state index in [0.717, 1.165) is 0 Å². The summed E-state index contributed by atoms with van der Waals surface area (Å²) in [5.41, 5.74) is 0. The van der Waals surface area contributed by atoms with Crippen LogP contribution in [0.4, 0.5) is 0 Å². The van der Waals surface area contributed by atoms with Gasteiger partial charge in [0.15, 0.2) is 0 Å². The summed E-state index contributed by atoms with van der Waals surface area (Å²) in [5.74, 6) is 0. The van der Waals surface area contributed by atoms with Gasteiger partial charge < -0.3 is 0 Å². The molecule has 0 heterocycles. The lowest BCUT2D eigenvalue weighted by atomic mass is 10.4. The SMILES string of the molecule is CCCC.CCCC.CCCC.CCCC.CCCC.CCCC.CCCC.CCCC.S.S.S.S. The number of rotatable bonds is 8. The number of unbranched alkanes of at least 4 members (excludes halogenated alkanes) is 8. The van der Waals surface area contributed by atoms with E-state index in [9.17, 15) is 0 Å². The monoisotopic (exact) mass is 601 g/mol. The fourth-order valence-electron chi connectivity index (χ4n) is 0. The van der Waals surface area contributed by atoms with E-state index in [1.54, 1.807) is 0 Å². The Bertz CT molecular complexity index is 82.1. The highest BCUT2D eigenvalue weighted by atomic mass is 32.1. The van der Waals surface area contributed by atoms with Crippen LogP contribution in [-0.2, 0) is 0 Å². The summed E-state index contributed by atoms with van der Waals surface area (Å²) in [4.78, 5) is 0. The Morgan fingerprint density at radius 1 is 0.139 bits per heavy atom. The summed E-state index contributed by atoms with van der Waals surface area (Å²) in [6.45, 7) is 34.9. The molecule has 0 saturated heterocycles. The molecule has 0 amide bonds. The van der Waals surface area contributed by atoms with Crippen LogP contribution in [0, 0.1) is 0 Å². The molecule has 0 nitrogen and oxygen atoms in total. The van der Waals surface area contributed by atoms with E-state index in [2.05, 4.69) is 111 Å². The van der Waals surface area contributed by atoms with Gasteiger partial charge in [-0.1, -0.05) is 214 Å². The van der Waals surface area contributed by atoms with E-state index < -0.39 is 0 Å². The minimum Gasteiger partial charge on any atom is -0.197 e. The van der Waals surface area contributed by atoms with Crippen LogP contribution in [0.2, 0.25) is 0 Å². The molecule has 36 heavy (non-hydrogen) atoms. The van der Waals surface area contributed by atoms with E-state index in [1.807, 2.05) is 0 Å². The van der Waals surface area contributed by atoms with Gasteiger partial charge in [-0.05, 0) is 0 Å². The van der Waals surface area contributed by atoms with Crippen LogP contribution >= 0.6 is 54.0 Å². The lowest BCUT2D eigenvalue weighted by Crippen LogP contribution is -1.47. The number of hydrogen-bond donors (Lipinski definition) is 0. The Morgan fingerprint density at radius 2 is 0.167 bits per heavy atom. The average molecular weight is 601 g/mol. The molecule has 0 saturated carbocycles. The molecule has 0 aromatic heterocycles. The summed E-state index contributed by atoms with van der Waals surface area (Å²) >= 11 is 0. The van der Waals surface area contributed by atoms with Crippen LogP contribution in [0.3, 0.4) is 0 Å². The van der Waals surface area contributed by atoms with Crippen molar-refractivity contribution in [1.82, 2.24) is 0 Å². The summed E-state index contributed by atoms with van der Waals surface area (Å²) in [6.07, 6.45) is 21.1. The Hall–Kier alpha value is 1.40. The van der Waals surface area contributed by atoms with Crippen molar-refractivity contribution in [2.75, 3.05) is 0 Å². The molecule has 0 aliphatic rings. The Kier molecular flexibility index (Phi) is 321. The largest absolute Gasteiger partial charge is 0.197 e. The molecule has 0 bridgehead atoms. The van der Waals surface area contributed by atoms with Gasteiger partial charge >= 0.3 is 0 Å². The molecule has 0 aliphatic carbocycles. The molecule has 0 fully saturated rings.